The summed E-state index contributed by atoms with van der Waals surface area (Å²) in [5.41, 5.74) is 3.11. The van der Waals surface area contributed by atoms with Crippen LogP contribution in [0.3, 0.4) is 0 Å². The van der Waals surface area contributed by atoms with Crippen molar-refractivity contribution in [2.45, 2.75) is 13.8 Å². The van der Waals surface area contributed by atoms with Crippen LogP contribution in [0.2, 0.25) is 0 Å². The minimum atomic E-state index is -0.330. The molecule has 0 radical (unpaired) electrons. The van der Waals surface area contributed by atoms with Crippen LogP contribution in [0.15, 0.2) is 29.8 Å². The van der Waals surface area contributed by atoms with E-state index < -0.39 is 0 Å². The van der Waals surface area contributed by atoms with Gasteiger partial charge in [0, 0.05) is 20.3 Å². The molecule has 0 unspecified atom stereocenters. The van der Waals surface area contributed by atoms with E-state index in [1.807, 2.05) is 0 Å². The van der Waals surface area contributed by atoms with E-state index in [1.54, 1.807) is 33.1 Å². The number of hydrogen-bond acceptors (Lipinski definition) is 4. The number of rotatable bonds is 5. The molecule has 0 aliphatic heterocycles. The van der Waals surface area contributed by atoms with Gasteiger partial charge in [0.2, 0.25) is 0 Å². The summed E-state index contributed by atoms with van der Waals surface area (Å²) < 4.78 is 13.0. The van der Waals surface area contributed by atoms with E-state index in [1.165, 1.54) is 17.4 Å². The largest absolute Gasteiger partial charge is 0.308 e. The molecule has 0 aromatic heterocycles. The first-order valence-corrected chi connectivity index (χ1v) is 4.24. The van der Waals surface area contributed by atoms with Crippen LogP contribution in [0.1, 0.15) is 13.8 Å². The Morgan fingerprint density at radius 3 is 2.50 bits per heavy atom. The van der Waals surface area contributed by atoms with Crippen molar-refractivity contribution in [1.82, 2.24) is 15.7 Å². The quantitative estimate of drug-likeness (QED) is 0.541. The van der Waals surface area contributed by atoms with Crippen LogP contribution in [-0.4, -0.2) is 30.0 Å². The number of hydrazone groups is 1. The standard InChI is InChI=1S/C9H17FN4/c1-6-9(10)8(3)12-14(5)13(4)11-7-2/h6-7,11H,2H2,1,3-5H3/b9-6+,12-8+. The summed E-state index contributed by atoms with van der Waals surface area (Å²) in [5, 5.41) is 7.03. The van der Waals surface area contributed by atoms with Gasteiger partial charge in [-0.15, -0.1) is 5.12 Å². The van der Waals surface area contributed by atoms with Crippen molar-refractivity contribution >= 4 is 5.71 Å². The monoisotopic (exact) mass is 200 g/mol. The lowest BCUT2D eigenvalue weighted by Gasteiger charge is -2.25. The van der Waals surface area contributed by atoms with Crippen molar-refractivity contribution in [2.24, 2.45) is 5.10 Å². The van der Waals surface area contributed by atoms with E-state index in [-0.39, 0.29) is 5.83 Å². The Bertz CT molecular complexity index is 247. The van der Waals surface area contributed by atoms with Crippen molar-refractivity contribution < 1.29 is 4.39 Å². The molecule has 4 nitrogen and oxygen atoms in total. The molecule has 0 spiro atoms. The van der Waals surface area contributed by atoms with E-state index in [9.17, 15) is 4.39 Å². The molecule has 0 rings (SSSR count). The maximum Gasteiger partial charge on any atom is 0.141 e. The molecule has 0 bridgehead atoms. The van der Waals surface area contributed by atoms with Gasteiger partial charge in [-0.1, -0.05) is 6.58 Å². The van der Waals surface area contributed by atoms with E-state index in [0.29, 0.717) is 5.71 Å². The third-order valence-electron chi connectivity index (χ3n) is 1.61. The molecule has 0 aliphatic carbocycles. The van der Waals surface area contributed by atoms with E-state index in [2.05, 4.69) is 17.1 Å². The van der Waals surface area contributed by atoms with Gasteiger partial charge in [0.15, 0.2) is 0 Å². The SMILES string of the molecule is C=CNN(C)N(C)/N=C(C)/C(F)=C\C. The minimum Gasteiger partial charge on any atom is -0.308 e. The average molecular weight is 200 g/mol. The van der Waals surface area contributed by atoms with Gasteiger partial charge in [0.25, 0.3) is 0 Å². The lowest BCUT2D eigenvalue weighted by molar-refractivity contribution is -0.00511. The predicted molar refractivity (Wildman–Crippen MR) is 56.8 cm³/mol. The Morgan fingerprint density at radius 2 is 2.07 bits per heavy atom. The second-order valence-corrected chi connectivity index (χ2v) is 2.67. The average Bonchev–Trinajstić information content (AvgIpc) is 2.16. The van der Waals surface area contributed by atoms with Crippen LogP contribution in [0.4, 0.5) is 4.39 Å². The van der Waals surface area contributed by atoms with Crippen LogP contribution in [0, 0.1) is 0 Å². The molecule has 80 valence electrons. The Balaban J connectivity index is 4.41. The highest BCUT2D eigenvalue weighted by Crippen LogP contribution is 2.01. The fourth-order valence-corrected chi connectivity index (χ4v) is 0.756. The topological polar surface area (TPSA) is 30.9 Å². The maximum atomic E-state index is 13.0. The third-order valence-corrected chi connectivity index (χ3v) is 1.61. The first kappa shape index (κ1) is 12.6. The zero-order valence-electron chi connectivity index (χ0n) is 9.08. The molecule has 0 heterocycles. The first-order chi connectivity index (χ1) is 6.52. The van der Waals surface area contributed by atoms with E-state index in [0.717, 1.165) is 0 Å². The highest BCUT2D eigenvalue weighted by Gasteiger charge is 2.03. The molecule has 0 saturated carbocycles. The molecule has 0 aromatic rings. The van der Waals surface area contributed by atoms with Crippen LogP contribution in [-0.2, 0) is 0 Å². The Hall–Kier alpha value is -1.36. The normalized spacial score (nSPS) is 13.0. The molecule has 1 N–H and O–H groups in total. The zero-order chi connectivity index (χ0) is 11.1. The number of halogens is 1. The second-order valence-electron chi connectivity index (χ2n) is 2.67. The fraction of sp³-hybridized carbons (Fsp3) is 0.444. The Kier molecular flexibility index (Phi) is 5.55. The molecule has 0 atom stereocenters. The van der Waals surface area contributed by atoms with Crippen molar-refractivity contribution in [1.29, 1.82) is 0 Å². The van der Waals surface area contributed by atoms with E-state index in [4.69, 9.17) is 0 Å². The van der Waals surface area contributed by atoms with Crippen LogP contribution >= 0.6 is 0 Å². The van der Waals surface area contributed by atoms with Crippen LogP contribution in [0.25, 0.3) is 0 Å². The van der Waals surface area contributed by atoms with Crippen LogP contribution in [0.5, 0.6) is 0 Å². The summed E-state index contributed by atoms with van der Waals surface area (Å²) in [5.74, 6) is -0.330. The maximum absolute atomic E-state index is 13.0. The first-order valence-electron chi connectivity index (χ1n) is 4.24. The highest BCUT2D eigenvalue weighted by molar-refractivity contribution is 5.95. The molecule has 0 fully saturated rings. The molecular weight excluding hydrogens is 183 g/mol. The van der Waals surface area contributed by atoms with Crippen LogP contribution < -0.4 is 5.43 Å². The molecule has 0 aliphatic rings. The lowest BCUT2D eigenvalue weighted by Crippen LogP contribution is -2.41. The molecule has 5 heteroatoms. The second kappa shape index (κ2) is 6.15. The summed E-state index contributed by atoms with van der Waals surface area (Å²) in [4.78, 5) is 0. The Labute approximate surface area is 84.3 Å². The van der Waals surface area contributed by atoms with Gasteiger partial charge in [-0.25, -0.2) is 9.51 Å². The highest BCUT2D eigenvalue weighted by atomic mass is 19.1. The number of nitrogens with one attached hydrogen (secondary N) is 1. The lowest BCUT2D eigenvalue weighted by atomic mass is 10.3. The van der Waals surface area contributed by atoms with Crippen molar-refractivity contribution in [3.05, 3.63) is 24.7 Å². The number of hydrogen-bond donors (Lipinski definition) is 1. The smallest absolute Gasteiger partial charge is 0.141 e. The van der Waals surface area contributed by atoms with Crippen molar-refractivity contribution in [3.8, 4) is 0 Å². The minimum absolute atomic E-state index is 0.327. The molecule has 0 saturated heterocycles. The summed E-state index contributed by atoms with van der Waals surface area (Å²) in [6.07, 6.45) is 2.88. The molecule has 0 amide bonds. The predicted octanol–water partition coefficient (Wildman–Crippen LogP) is 1.66. The van der Waals surface area contributed by atoms with Gasteiger partial charge in [-0.05, 0) is 19.9 Å². The summed E-state index contributed by atoms with van der Waals surface area (Å²) in [6, 6.07) is 0. The zero-order valence-corrected chi connectivity index (χ0v) is 9.08. The Morgan fingerprint density at radius 1 is 1.50 bits per heavy atom. The van der Waals surface area contributed by atoms with E-state index >= 15 is 0 Å². The number of hydrazine groups is 2. The molecule has 0 aromatic carbocycles. The van der Waals surface area contributed by atoms with Gasteiger partial charge in [0.05, 0.1) is 5.71 Å². The fourth-order valence-electron chi connectivity index (χ4n) is 0.756. The molecule has 14 heavy (non-hydrogen) atoms. The number of nitrogens with zero attached hydrogens (tertiary/aromatic N) is 3. The van der Waals surface area contributed by atoms with Gasteiger partial charge in [-0.3, -0.25) is 0 Å². The number of allylic oxidation sites excluding steroid dienone is 2. The summed E-state index contributed by atoms with van der Waals surface area (Å²) in [6.45, 7) is 6.73. The van der Waals surface area contributed by atoms with Gasteiger partial charge < -0.3 is 5.43 Å². The van der Waals surface area contributed by atoms with Gasteiger partial charge >= 0.3 is 0 Å². The van der Waals surface area contributed by atoms with Crippen molar-refractivity contribution in [2.75, 3.05) is 14.1 Å². The van der Waals surface area contributed by atoms with Gasteiger partial charge in [0.1, 0.15) is 5.83 Å². The molecular formula is C9H17FN4. The van der Waals surface area contributed by atoms with Crippen molar-refractivity contribution in [3.63, 3.8) is 0 Å². The summed E-state index contributed by atoms with van der Waals surface area (Å²) >= 11 is 0. The third kappa shape index (κ3) is 4.04. The van der Waals surface area contributed by atoms with Gasteiger partial charge in [-0.2, -0.15) is 5.10 Å². The summed E-state index contributed by atoms with van der Waals surface area (Å²) in [7, 11) is 3.44.